The Labute approximate surface area is 150 Å². The SMILES string of the molecule is COC(=O)c1c(CCCCCCCCCOC(C)=O)cccc1OC. The maximum atomic E-state index is 12.0. The number of hydrogen-bond acceptors (Lipinski definition) is 5. The number of unbranched alkanes of at least 4 members (excludes halogenated alkanes) is 6. The number of esters is 2. The Morgan fingerprint density at radius 3 is 2.16 bits per heavy atom. The average Bonchev–Trinajstić information content (AvgIpc) is 2.61. The van der Waals surface area contributed by atoms with Crippen LogP contribution in [0.3, 0.4) is 0 Å². The molecule has 0 N–H and O–H groups in total. The van der Waals surface area contributed by atoms with Crippen molar-refractivity contribution in [1.29, 1.82) is 0 Å². The maximum Gasteiger partial charge on any atom is 0.341 e. The van der Waals surface area contributed by atoms with E-state index in [0.717, 1.165) is 44.1 Å². The van der Waals surface area contributed by atoms with Gasteiger partial charge in [-0.2, -0.15) is 0 Å². The Morgan fingerprint density at radius 1 is 0.920 bits per heavy atom. The van der Waals surface area contributed by atoms with Crippen molar-refractivity contribution >= 4 is 11.9 Å². The first-order valence-corrected chi connectivity index (χ1v) is 8.97. The molecule has 0 aliphatic heterocycles. The number of benzene rings is 1. The van der Waals surface area contributed by atoms with E-state index < -0.39 is 0 Å². The lowest BCUT2D eigenvalue weighted by Gasteiger charge is -2.12. The molecule has 5 nitrogen and oxygen atoms in total. The second kappa shape index (κ2) is 12.3. The number of rotatable bonds is 12. The topological polar surface area (TPSA) is 61.8 Å². The largest absolute Gasteiger partial charge is 0.496 e. The molecule has 1 aromatic rings. The van der Waals surface area contributed by atoms with Crippen LogP contribution in [0.1, 0.15) is 67.8 Å². The van der Waals surface area contributed by atoms with Crippen LogP contribution in [-0.2, 0) is 20.7 Å². The first kappa shape index (κ1) is 21.0. The minimum atomic E-state index is -0.347. The molecule has 0 aliphatic carbocycles. The predicted molar refractivity (Wildman–Crippen MR) is 97.0 cm³/mol. The molecular formula is C20H30O5. The highest BCUT2D eigenvalue weighted by molar-refractivity contribution is 5.94. The van der Waals surface area contributed by atoms with Crippen molar-refractivity contribution in [2.45, 2.75) is 58.3 Å². The van der Waals surface area contributed by atoms with E-state index in [-0.39, 0.29) is 11.9 Å². The zero-order chi connectivity index (χ0) is 18.5. The van der Waals surface area contributed by atoms with Crippen molar-refractivity contribution < 1.29 is 23.8 Å². The molecule has 0 heterocycles. The van der Waals surface area contributed by atoms with E-state index in [9.17, 15) is 9.59 Å². The van der Waals surface area contributed by atoms with Crippen LogP contribution in [0.2, 0.25) is 0 Å². The first-order valence-electron chi connectivity index (χ1n) is 8.97. The van der Waals surface area contributed by atoms with E-state index in [1.807, 2.05) is 12.1 Å². The van der Waals surface area contributed by atoms with Crippen LogP contribution < -0.4 is 4.74 Å². The van der Waals surface area contributed by atoms with Crippen molar-refractivity contribution in [2.24, 2.45) is 0 Å². The van der Waals surface area contributed by atoms with E-state index in [4.69, 9.17) is 14.2 Å². The van der Waals surface area contributed by atoms with Gasteiger partial charge < -0.3 is 14.2 Å². The molecule has 1 aromatic carbocycles. The molecule has 1 rings (SSSR count). The molecule has 0 atom stereocenters. The lowest BCUT2D eigenvalue weighted by atomic mass is 9.99. The molecule has 25 heavy (non-hydrogen) atoms. The summed E-state index contributed by atoms with van der Waals surface area (Å²) in [7, 11) is 2.95. The number of carbonyl (C=O) groups is 2. The summed E-state index contributed by atoms with van der Waals surface area (Å²) in [5.41, 5.74) is 1.52. The van der Waals surface area contributed by atoms with Gasteiger partial charge >= 0.3 is 11.9 Å². The van der Waals surface area contributed by atoms with Crippen LogP contribution in [0.15, 0.2) is 18.2 Å². The number of ether oxygens (including phenoxy) is 3. The van der Waals surface area contributed by atoms with Crippen LogP contribution in [0.25, 0.3) is 0 Å². The fourth-order valence-corrected chi connectivity index (χ4v) is 2.81. The smallest absolute Gasteiger partial charge is 0.341 e. The Hall–Kier alpha value is -2.04. The average molecular weight is 350 g/mol. The van der Waals surface area contributed by atoms with Gasteiger partial charge in [-0.05, 0) is 30.9 Å². The summed E-state index contributed by atoms with van der Waals surface area (Å²) in [5.74, 6) is 0.0150. The minimum Gasteiger partial charge on any atom is -0.496 e. The third kappa shape index (κ3) is 8.05. The van der Waals surface area contributed by atoms with E-state index in [1.54, 1.807) is 13.2 Å². The molecule has 140 valence electrons. The molecular weight excluding hydrogens is 320 g/mol. The Balaban J connectivity index is 2.26. The third-order valence-corrected chi connectivity index (χ3v) is 4.12. The first-order chi connectivity index (χ1) is 12.1. The Bertz CT molecular complexity index is 539. The van der Waals surface area contributed by atoms with E-state index >= 15 is 0 Å². The fourth-order valence-electron chi connectivity index (χ4n) is 2.81. The van der Waals surface area contributed by atoms with Crippen molar-refractivity contribution in [1.82, 2.24) is 0 Å². The monoisotopic (exact) mass is 350 g/mol. The summed E-state index contributed by atoms with van der Waals surface area (Å²) in [6, 6.07) is 5.65. The summed E-state index contributed by atoms with van der Waals surface area (Å²) >= 11 is 0. The summed E-state index contributed by atoms with van der Waals surface area (Å²) < 4.78 is 15.1. The van der Waals surface area contributed by atoms with Crippen molar-refractivity contribution in [3.8, 4) is 5.75 Å². The van der Waals surface area contributed by atoms with Crippen molar-refractivity contribution in [3.05, 3.63) is 29.3 Å². The van der Waals surface area contributed by atoms with E-state index in [0.29, 0.717) is 17.9 Å². The third-order valence-electron chi connectivity index (χ3n) is 4.12. The molecule has 0 saturated heterocycles. The highest BCUT2D eigenvalue weighted by Crippen LogP contribution is 2.25. The van der Waals surface area contributed by atoms with Crippen LogP contribution in [0.4, 0.5) is 0 Å². The molecule has 0 saturated carbocycles. The highest BCUT2D eigenvalue weighted by Gasteiger charge is 2.17. The number of methoxy groups -OCH3 is 2. The highest BCUT2D eigenvalue weighted by atomic mass is 16.5. The fraction of sp³-hybridized carbons (Fsp3) is 0.600. The van der Waals surface area contributed by atoms with Crippen LogP contribution >= 0.6 is 0 Å². The molecule has 0 aliphatic rings. The van der Waals surface area contributed by atoms with Gasteiger partial charge in [0.15, 0.2) is 0 Å². The van der Waals surface area contributed by atoms with E-state index in [1.165, 1.54) is 26.9 Å². The number of hydrogen-bond donors (Lipinski definition) is 0. The van der Waals surface area contributed by atoms with Gasteiger partial charge in [-0.3, -0.25) is 4.79 Å². The molecule has 0 amide bonds. The predicted octanol–water partition coefficient (Wildman–Crippen LogP) is 4.32. The van der Waals surface area contributed by atoms with Gasteiger partial charge in [0, 0.05) is 6.92 Å². The lowest BCUT2D eigenvalue weighted by molar-refractivity contribution is -0.141. The van der Waals surface area contributed by atoms with Crippen molar-refractivity contribution in [3.63, 3.8) is 0 Å². The van der Waals surface area contributed by atoms with Gasteiger partial charge in [-0.25, -0.2) is 4.79 Å². The van der Waals surface area contributed by atoms with Gasteiger partial charge in [0.1, 0.15) is 11.3 Å². The summed E-state index contributed by atoms with van der Waals surface area (Å²) in [4.78, 5) is 22.6. The van der Waals surface area contributed by atoms with Gasteiger partial charge in [-0.15, -0.1) is 0 Å². The quantitative estimate of drug-likeness (QED) is 0.415. The van der Waals surface area contributed by atoms with Gasteiger partial charge in [0.25, 0.3) is 0 Å². The van der Waals surface area contributed by atoms with E-state index in [2.05, 4.69) is 0 Å². The van der Waals surface area contributed by atoms with Crippen molar-refractivity contribution in [2.75, 3.05) is 20.8 Å². The number of carbonyl (C=O) groups excluding carboxylic acids is 2. The minimum absolute atomic E-state index is 0.205. The van der Waals surface area contributed by atoms with Gasteiger partial charge in [0.05, 0.1) is 20.8 Å². The molecule has 0 unspecified atom stereocenters. The summed E-state index contributed by atoms with van der Waals surface area (Å²) in [5, 5.41) is 0. The van der Waals surface area contributed by atoms with Gasteiger partial charge in [0.2, 0.25) is 0 Å². The maximum absolute atomic E-state index is 12.0. The molecule has 0 fully saturated rings. The Kier molecular flexibility index (Phi) is 10.4. The van der Waals surface area contributed by atoms with Crippen LogP contribution in [-0.4, -0.2) is 32.8 Å². The lowest BCUT2D eigenvalue weighted by Crippen LogP contribution is -2.08. The molecule has 0 radical (unpaired) electrons. The Morgan fingerprint density at radius 2 is 1.56 bits per heavy atom. The zero-order valence-electron chi connectivity index (χ0n) is 15.6. The van der Waals surface area contributed by atoms with Crippen LogP contribution in [0, 0.1) is 0 Å². The second-order valence-corrected chi connectivity index (χ2v) is 6.05. The van der Waals surface area contributed by atoms with Gasteiger partial charge in [-0.1, -0.05) is 44.2 Å². The number of aryl methyl sites for hydroxylation is 1. The standard InChI is InChI=1S/C20H30O5/c1-16(21)25-15-10-8-6-4-5-7-9-12-17-13-11-14-18(23-2)19(17)20(22)24-3/h11,13-14H,4-10,12,15H2,1-3H3. The molecule has 0 aromatic heterocycles. The molecule has 0 spiro atoms. The normalized spacial score (nSPS) is 10.4. The molecule has 0 bridgehead atoms. The summed E-state index contributed by atoms with van der Waals surface area (Å²) in [6.45, 7) is 1.97. The second-order valence-electron chi connectivity index (χ2n) is 6.05. The summed E-state index contributed by atoms with van der Waals surface area (Å²) in [6.07, 6.45) is 8.54. The van der Waals surface area contributed by atoms with Crippen LogP contribution in [0.5, 0.6) is 5.75 Å². The molecule has 5 heteroatoms. The zero-order valence-corrected chi connectivity index (χ0v) is 15.6.